The smallest absolute Gasteiger partial charge is 0.247 e. The Morgan fingerprint density at radius 3 is 2.75 bits per heavy atom. The number of nitrogens with one attached hydrogen (secondary N) is 4. The molecule has 11 nitrogen and oxygen atoms in total. The van der Waals surface area contributed by atoms with Gasteiger partial charge < -0.3 is 30.9 Å². The zero-order valence-electron chi connectivity index (χ0n) is 29.8. The highest BCUT2D eigenvalue weighted by atomic mass is 35.5. The summed E-state index contributed by atoms with van der Waals surface area (Å²) in [5.74, 6) is 4.45. The quantitative estimate of drug-likeness (QED) is 0.101. The van der Waals surface area contributed by atoms with E-state index in [9.17, 15) is 9.59 Å². The Kier molecular flexibility index (Phi) is 12.3. The van der Waals surface area contributed by atoms with Gasteiger partial charge in [-0.2, -0.15) is 4.98 Å². The maximum atomic E-state index is 12.7. The fourth-order valence-corrected chi connectivity index (χ4v) is 8.24. The molecule has 3 fully saturated rings. The molecule has 2 heterocycles. The van der Waals surface area contributed by atoms with Crippen molar-refractivity contribution in [1.82, 2.24) is 20.2 Å². The van der Waals surface area contributed by atoms with Crippen LogP contribution in [0.5, 0.6) is 5.75 Å². The number of methoxy groups -OCH3 is 1. The molecule has 3 aromatic rings. The molecular weight excluding hydrogens is 664 g/mol. The van der Waals surface area contributed by atoms with Gasteiger partial charge in [-0.3, -0.25) is 14.5 Å². The fraction of sp³-hybridized carbons (Fsp3) is 0.487. The summed E-state index contributed by atoms with van der Waals surface area (Å²) in [5.41, 5.74) is 3.45. The van der Waals surface area contributed by atoms with Crippen LogP contribution in [0.15, 0.2) is 61.3 Å². The number of piperazine rings is 1. The van der Waals surface area contributed by atoms with E-state index in [2.05, 4.69) is 60.6 Å². The molecule has 0 spiro atoms. The number of benzene rings is 2. The Morgan fingerprint density at radius 1 is 1.10 bits per heavy atom. The highest BCUT2D eigenvalue weighted by Crippen LogP contribution is 2.49. The standard InChI is InChI=1S/C39H51ClN8O3/c1-4-36(49)44-30-8-5-7-28(21-30)24-42-38-33(40)25-43-39(46-38)45-34-12-11-31(22-35(34)51-3)48-17-15-47(16-18-48)14-6-13-41-37(50)23-32-26(2)19-27-9-10-29(32)20-27/h4-5,7-8,11-12,21-22,25-27,29,32H,1,6,9-10,13-20,23-24H2,2-3H3,(H,41,50)(H,44,49)(H2,42,43,45,46)/t26-,27?,29-,32?/m1/s1. The Balaban J connectivity index is 0.950. The predicted molar refractivity (Wildman–Crippen MR) is 205 cm³/mol. The molecule has 4 N–H and O–H groups in total. The first-order valence-electron chi connectivity index (χ1n) is 18.3. The van der Waals surface area contributed by atoms with Crippen LogP contribution < -0.4 is 30.9 Å². The van der Waals surface area contributed by atoms with E-state index >= 15 is 0 Å². The Hall–Kier alpha value is -4.35. The van der Waals surface area contributed by atoms with Crippen LogP contribution in [0.4, 0.5) is 28.8 Å². The molecule has 2 bridgehead atoms. The van der Waals surface area contributed by atoms with E-state index in [4.69, 9.17) is 16.3 Å². The first kappa shape index (κ1) is 36.4. The molecule has 2 amide bonds. The number of anilines is 5. The van der Waals surface area contributed by atoms with E-state index in [1.807, 2.05) is 36.4 Å². The minimum atomic E-state index is -0.268. The van der Waals surface area contributed by atoms with Gasteiger partial charge in [-0.25, -0.2) is 4.98 Å². The lowest BCUT2D eigenvalue weighted by Gasteiger charge is -2.36. The average molecular weight is 715 g/mol. The number of hydrogen-bond donors (Lipinski definition) is 4. The summed E-state index contributed by atoms with van der Waals surface area (Å²) in [6.45, 7) is 11.8. The van der Waals surface area contributed by atoms with Crippen molar-refractivity contribution in [1.29, 1.82) is 0 Å². The van der Waals surface area contributed by atoms with Gasteiger partial charge in [0.1, 0.15) is 10.8 Å². The molecule has 1 aromatic heterocycles. The Morgan fingerprint density at radius 2 is 1.94 bits per heavy atom. The number of nitrogens with zero attached hydrogens (tertiary/aromatic N) is 4. The van der Waals surface area contributed by atoms with Crippen molar-refractivity contribution in [2.24, 2.45) is 23.7 Å². The molecule has 2 saturated carbocycles. The molecule has 1 saturated heterocycles. The minimum absolute atomic E-state index is 0.240. The zero-order valence-corrected chi connectivity index (χ0v) is 30.6. The molecule has 12 heteroatoms. The van der Waals surface area contributed by atoms with Crippen molar-refractivity contribution in [3.05, 3.63) is 71.9 Å². The average Bonchev–Trinajstić information content (AvgIpc) is 3.55. The number of ether oxygens (including phenoxy) is 1. The highest BCUT2D eigenvalue weighted by Gasteiger charge is 2.40. The molecule has 2 aromatic carbocycles. The Bertz CT molecular complexity index is 1680. The van der Waals surface area contributed by atoms with Gasteiger partial charge >= 0.3 is 0 Å². The minimum Gasteiger partial charge on any atom is -0.494 e. The van der Waals surface area contributed by atoms with E-state index in [1.165, 1.54) is 31.8 Å². The van der Waals surface area contributed by atoms with Gasteiger partial charge in [0, 0.05) is 63.1 Å². The molecule has 4 atom stereocenters. The van der Waals surface area contributed by atoms with Crippen LogP contribution in [0.25, 0.3) is 0 Å². The number of hydrogen-bond acceptors (Lipinski definition) is 9. The lowest BCUT2D eigenvalue weighted by Crippen LogP contribution is -2.47. The van der Waals surface area contributed by atoms with Crippen molar-refractivity contribution < 1.29 is 14.3 Å². The number of halogens is 1. The SMILES string of the molecule is C=CC(=O)Nc1cccc(CNc2nc(Nc3ccc(N4CCN(CCCNC(=O)CC5[C@@H]6CCC(C6)C[C@H]5C)CC4)cc3OC)ncc2Cl)c1. The molecular formula is C39H51ClN8O3. The number of carbonyl (C=O) groups excluding carboxylic acids is 2. The van der Waals surface area contributed by atoms with Crippen LogP contribution in [0, 0.1) is 23.7 Å². The Labute approximate surface area is 306 Å². The van der Waals surface area contributed by atoms with Gasteiger partial charge in [0.2, 0.25) is 17.8 Å². The molecule has 272 valence electrons. The summed E-state index contributed by atoms with van der Waals surface area (Å²) in [7, 11) is 1.65. The van der Waals surface area contributed by atoms with Gasteiger partial charge in [0.05, 0.1) is 19.0 Å². The third-order valence-corrected chi connectivity index (χ3v) is 11.0. The van der Waals surface area contributed by atoms with Crippen molar-refractivity contribution in [2.45, 2.75) is 52.0 Å². The molecule has 2 aliphatic carbocycles. The van der Waals surface area contributed by atoms with Gasteiger partial charge in [-0.15, -0.1) is 0 Å². The van der Waals surface area contributed by atoms with Crippen LogP contribution in [0.2, 0.25) is 5.02 Å². The summed E-state index contributed by atoms with van der Waals surface area (Å²) >= 11 is 6.42. The zero-order chi connectivity index (χ0) is 35.7. The lowest BCUT2D eigenvalue weighted by atomic mass is 9.71. The van der Waals surface area contributed by atoms with Crippen LogP contribution in [0.1, 0.15) is 51.0 Å². The second-order valence-corrected chi connectivity index (χ2v) is 14.6. The van der Waals surface area contributed by atoms with E-state index in [1.54, 1.807) is 13.3 Å². The number of fused-ring (bicyclic) bond motifs is 2. The molecule has 2 unspecified atom stereocenters. The summed E-state index contributed by atoms with van der Waals surface area (Å²) in [6.07, 6.45) is 9.81. The predicted octanol–water partition coefficient (Wildman–Crippen LogP) is 6.71. The number of aromatic nitrogens is 2. The van der Waals surface area contributed by atoms with Crippen molar-refractivity contribution >= 4 is 52.2 Å². The normalized spacial score (nSPS) is 21.5. The summed E-state index contributed by atoms with van der Waals surface area (Å²) < 4.78 is 5.76. The van der Waals surface area contributed by atoms with Crippen molar-refractivity contribution in [3.8, 4) is 5.75 Å². The maximum absolute atomic E-state index is 12.7. The second-order valence-electron chi connectivity index (χ2n) is 14.2. The molecule has 51 heavy (non-hydrogen) atoms. The third kappa shape index (κ3) is 9.71. The molecule has 1 aliphatic heterocycles. The largest absolute Gasteiger partial charge is 0.494 e. The first-order chi connectivity index (χ1) is 24.8. The van der Waals surface area contributed by atoms with Crippen molar-refractivity contribution in [3.63, 3.8) is 0 Å². The van der Waals surface area contributed by atoms with E-state index in [-0.39, 0.29) is 11.8 Å². The molecule has 3 aliphatic rings. The van der Waals surface area contributed by atoms with Gasteiger partial charge in [-0.1, -0.05) is 43.7 Å². The number of carbonyl (C=O) groups is 2. The summed E-state index contributed by atoms with van der Waals surface area (Å²) in [4.78, 5) is 38.2. The van der Waals surface area contributed by atoms with Gasteiger partial charge in [0.25, 0.3) is 0 Å². The lowest BCUT2D eigenvalue weighted by molar-refractivity contribution is -0.123. The van der Waals surface area contributed by atoms with Gasteiger partial charge in [0.15, 0.2) is 5.82 Å². The maximum Gasteiger partial charge on any atom is 0.247 e. The van der Waals surface area contributed by atoms with E-state index < -0.39 is 0 Å². The summed E-state index contributed by atoms with van der Waals surface area (Å²) in [6, 6.07) is 13.6. The summed E-state index contributed by atoms with van der Waals surface area (Å²) in [5, 5.41) is 12.9. The van der Waals surface area contributed by atoms with Crippen molar-refractivity contribution in [2.75, 3.05) is 67.2 Å². The van der Waals surface area contributed by atoms with Gasteiger partial charge in [-0.05, 0) is 91.8 Å². The van der Waals surface area contributed by atoms with Crippen LogP contribution >= 0.6 is 11.6 Å². The molecule has 0 radical (unpaired) electrons. The number of rotatable bonds is 15. The molecule has 6 rings (SSSR count). The number of amides is 2. The van der Waals surface area contributed by atoms with Crippen LogP contribution in [-0.4, -0.2) is 73.1 Å². The third-order valence-electron chi connectivity index (χ3n) is 10.8. The van der Waals surface area contributed by atoms with E-state index in [0.717, 1.165) is 74.5 Å². The highest BCUT2D eigenvalue weighted by molar-refractivity contribution is 6.32. The fourth-order valence-electron chi connectivity index (χ4n) is 8.09. The second kappa shape index (κ2) is 17.2. The first-order valence-corrected chi connectivity index (χ1v) is 18.6. The monoisotopic (exact) mass is 714 g/mol. The van der Waals surface area contributed by atoms with Crippen LogP contribution in [0.3, 0.4) is 0 Å². The van der Waals surface area contributed by atoms with E-state index in [0.29, 0.717) is 53.0 Å². The topological polar surface area (TPSA) is 124 Å². The van der Waals surface area contributed by atoms with Crippen LogP contribution in [-0.2, 0) is 16.1 Å².